The van der Waals surface area contributed by atoms with Crippen molar-refractivity contribution in [1.82, 2.24) is 0 Å². The maximum Gasteiger partial charge on any atom is 0.309 e. The molecule has 0 aromatic carbocycles. The SMILES string of the molecule is CCCCC(C(=O)O)C(C)OCC. The molecule has 78 valence electrons. The van der Waals surface area contributed by atoms with E-state index in [1.165, 1.54) is 0 Å². The number of unbranched alkanes of at least 4 members (excludes halogenated alkanes) is 1. The summed E-state index contributed by atoms with van der Waals surface area (Å²) in [6.07, 6.45) is 2.53. The van der Waals surface area contributed by atoms with Crippen LogP contribution in [-0.4, -0.2) is 23.8 Å². The molecule has 3 nitrogen and oxygen atoms in total. The second-order valence-electron chi connectivity index (χ2n) is 3.25. The van der Waals surface area contributed by atoms with Crippen LogP contribution in [0.1, 0.15) is 40.0 Å². The van der Waals surface area contributed by atoms with Gasteiger partial charge < -0.3 is 9.84 Å². The van der Waals surface area contributed by atoms with Crippen molar-refractivity contribution in [3.63, 3.8) is 0 Å². The van der Waals surface area contributed by atoms with Crippen LogP contribution in [0, 0.1) is 5.92 Å². The van der Waals surface area contributed by atoms with Gasteiger partial charge >= 0.3 is 5.97 Å². The third kappa shape index (κ3) is 4.88. The Hall–Kier alpha value is -0.570. The predicted octanol–water partition coefficient (Wildman–Crippen LogP) is 2.30. The van der Waals surface area contributed by atoms with Crippen molar-refractivity contribution in [2.45, 2.75) is 46.1 Å². The number of hydrogen-bond acceptors (Lipinski definition) is 2. The molecule has 2 atom stereocenters. The van der Waals surface area contributed by atoms with Crippen LogP contribution in [0.3, 0.4) is 0 Å². The van der Waals surface area contributed by atoms with Crippen LogP contribution < -0.4 is 0 Å². The molecule has 2 unspecified atom stereocenters. The van der Waals surface area contributed by atoms with Crippen molar-refractivity contribution >= 4 is 5.97 Å². The number of rotatable bonds is 7. The fraction of sp³-hybridized carbons (Fsp3) is 0.900. The zero-order valence-electron chi connectivity index (χ0n) is 8.75. The van der Waals surface area contributed by atoms with Gasteiger partial charge in [0.25, 0.3) is 0 Å². The summed E-state index contributed by atoms with van der Waals surface area (Å²) in [5, 5.41) is 8.92. The highest BCUT2D eigenvalue weighted by Crippen LogP contribution is 2.15. The molecule has 0 heterocycles. The van der Waals surface area contributed by atoms with Gasteiger partial charge in [-0.15, -0.1) is 0 Å². The highest BCUT2D eigenvalue weighted by atomic mass is 16.5. The van der Waals surface area contributed by atoms with Gasteiger partial charge in [-0.05, 0) is 20.3 Å². The van der Waals surface area contributed by atoms with Gasteiger partial charge in [0.1, 0.15) is 0 Å². The van der Waals surface area contributed by atoms with E-state index < -0.39 is 5.97 Å². The van der Waals surface area contributed by atoms with Gasteiger partial charge in [-0.2, -0.15) is 0 Å². The summed E-state index contributed by atoms with van der Waals surface area (Å²) in [5.41, 5.74) is 0. The van der Waals surface area contributed by atoms with Crippen LogP contribution in [0.4, 0.5) is 0 Å². The minimum absolute atomic E-state index is 0.172. The van der Waals surface area contributed by atoms with E-state index >= 15 is 0 Å². The summed E-state index contributed by atoms with van der Waals surface area (Å²) in [6, 6.07) is 0. The monoisotopic (exact) mass is 188 g/mol. The molecule has 13 heavy (non-hydrogen) atoms. The summed E-state index contributed by atoms with van der Waals surface area (Å²) < 4.78 is 5.28. The average molecular weight is 188 g/mol. The van der Waals surface area contributed by atoms with E-state index in [0.717, 1.165) is 12.8 Å². The quantitative estimate of drug-likeness (QED) is 0.666. The molecule has 1 N–H and O–H groups in total. The Balaban J connectivity index is 3.99. The highest BCUT2D eigenvalue weighted by Gasteiger charge is 2.23. The van der Waals surface area contributed by atoms with Gasteiger partial charge in [0.2, 0.25) is 0 Å². The first-order valence-electron chi connectivity index (χ1n) is 4.97. The molecular formula is C10H20O3. The minimum Gasteiger partial charge on any atom is -0.481 e. The highest BCUT2D eigenvalue weighted by molar-refractivity contribution is 5.70. The zero-order valence-corrected chi connectivity index (χ0v) is 8.75. The van der Waals surface area contributed by atoms with Crippen LogP contribution in [0.2, 0.25) is 0 Å². The van der Waals surface area contributed by atoms with Crippen molar-refractivity contribution in [1.29, 1.82) is 0 Å². The molecule has 0 fully saturated rings. The van der Waals surface area contributed by atoms with Gasteiger partial charge in [0, 0.05) is 6.61 Å². The first-order valence-corrected chi connectivity index (χ1v) is 4.97. The number of hydrogen-bond donors (Lipinski definition) is 1. The lowest BCUT2D eigenvalue weighted by molar-refractivity contribution is -0.147. The van der Waals surface area contributed by atoms with E-state index in [2.05, 4.69) is 6.92 Å². The molecule has 0 saturated heterocycles. The van der Waals surface area contributed by atoms with Crippen molar-refractivity contribution < 1.29 is 14.6 Å². The van der Waals surface area contributed by atoms with Gasteiger partial charge in [-0.1, -0.05) is 19.8 Å². The summed E-state index contributed by atoms with van der Waals surface area (Å²) in [7, 11) is 0. The molecule has 0 aliphatic rings. The number of carboxylic acids is 1. The first kappa shape index (κ1) is 12.4. The second kappa shape index (κ2) is 6.89. The smallest absolute Gasteiger partial charge is 0.309 e. The molecule has 0 aliphatic heterocycles. The van der Waals surface area contributed by atoms with E-state index in [1.54, 1.807) is 0 Å². The Morgan fingerprint density at radius 3 is 2.46 bits per heavy atom. The summed E-state index contributed by atoms with van der Waals surface area (Å²) in [5.74, 6) is -1.09. The van der Waals surface area contributed by atoms with Crippen LogP contribution >= 0.6 is 0 Å². The fourth-order valence-corrected chi connectivity index (χ4v) is 1.36. The van der Waals surface area contributed by atoms with E-state index in [-0.39, 0.29) is 12.0 Å². The molecule has 0 aliphatic carbocycles. The van der Waals surface area contributed by atoms with Gasteiger partial charge in [0.05, 0.1) is 12.0 Å². The lowest BCUT2D eigenvalue weighted by atomic mass is 9.97. The summed E-state index contributed by atoms with van der Waals surface area (Å²) in [6.45, 7) is 6.36. The zero-order chi connectivity index (χ0) is 10.3. The van der Waals surface area contributed by atoms with Crippen molar-refractivity contribution in [3.8, 4) is 0 Å². The Morgan fingerprint density at radius 2 is 2.08 bits per heavy atom. The molecule has 0 amide bonds. The molecule has 0 rings (SSSR count). The van der Waals surface area contributed by atoms with E-state index in [9.17, 15) is 4.79 Å². The molecule has 0 radical (unpaired) electrons. The third-order valence-electron chi connectivity index (χ3n) is 2.18. The van der Waals surface area contributed by atoms with Crippen LogP contribution in [-0.2, 0) is 9.53 Å². The molecule has 0 saturated carbocycles. The van der Waals surface area contributed by atoms with E-state index in [0.29, 0.717) is 13.0 Å². The van der Waals surface area contributed by atoms with Crippen molar-refractivity contribution in [3.05, 3.63) is 0 Å². The number of aliphatic carboxylic acids is 1. The largest absolute Gasteiger partial charge is 0.481 e. The maximum atomic E-state index is 10.8. The Kier molecular flexibility index (Phi) is 6.59. The average Bonchev–Trinajstić information content (AvgIpc) is 2.05. The third-order valence-corrected chi connectivity index (χ3v) is 2.18. The molecule has 0 bridgehead atoms. The first-order chi connectivity index (χ1) is 6.13. The van der Waals surface area contributed by atoms with Gasteiger partial charge in [0.15, 0.2) is 0 Å². The van der Waals surface area contributed by atoms with Crippen LogP contribution in [0.5, 0.6) is 0 Å². The normalized spacial score (nSPS) is 15.3. The molecular weight excluding hydrogens is 168 g/mol. The predicted molar refractivity (Wildman–Crippen MR) is 51.7 cm³/mol. The topological polar surface area (TPSA) is 46.5 Å². The van der Waals surface area contributed by atoms with Crippen molar-refractivity contribution in [2.75, 3.05) is 6.61 Å². The van der Waals surface area contributed by atoms with Gasteiger partial charge in [-0.25, -0.2) is 0 Å². The second-order valence-corrected chi connectivity index (χ2v) is 3.25. The number of carbonyl (C=O) groups is 1. The molecule has 0 spiro atoms. The Labute approximate surface area is 80.1 Å². The van der Waals surface area contributed by atoms with Crippen LogP contribution in [0.25, 0.3) is 0 Å². The van der Waals surface area contributed by atoms with Gasteiger partial charge in [-0.3, -0.25) is 4.79 Å². The standard InChI is InChI=1S/C10H20O3/c1-4-6-7-9(10(11)12)8(3)13-5-2/h8-9H,4-7H2,1-3H3,(H,11,12). The van der Waals surface area contributed by atoms with E-state index in [1.807, 2.05) is 13.8 Å². The van der Waals surface area contributed by atoms with E-state index in [4.69, 9.17) is 9.84 Å². The fourth-order valence-electron chi connectivity index (χ4n) is 1.36. The Bertz CT molecular complexity index is 145. The minimum atomic E-state index is -0.741. The number of carboxylic acid groups (broad SMARTS) is 1. The lowest BCUT2D eigenvalue weighted by Crippen LogP contribution is -2.28. The molecule has 0 aromatic heterocycles. The van der Waals surface area contributed by atoms with Crippen molar-refractivity contribution in [2.24, 2.45) is 5.92 Å². The van der Waals surface area contributed by atoms with Crippen LogP contribution in [0.15, 0.2) is 0 Å². The summed E-state index contributed by atoms with van der Waals surface area (Å²) in [4.78, 5) is 10.8. The molecule has 3 heteroatoms. The maximum absolute atomic E-state index is 10.8. The number of ether oxygens (including phenoxy) is 1. The Morgan fingerprint density at radius 1 is 1.46 bits per heavy atom. The lowest BCUT2D eigenvalue weighted by Gasteiger charge is -2.19. The summed E-state index contributed by atoms with van der Waals surface area (Å²) >= 11 is 0. The molecule has 0 aromatic rings.